The number of fused-ring (bicyclic) bond motifs is 2. The Labute approximate surface area is 112 Å². The molecule has 2 aliphatic heterocycles. The van der Waals surface area contributed by atoms with Crippen molar-refractivity contribution in [3.8, 4) is 0 Å². The number of aromatic nitrogens is 2. The van der Waals surface area contributed by atoms with Crippen LogP contribution >= 0.6 is 0 Å². The van der Waals surface area contributed by atoms with Crippen molar-refractivity contribution in [2.24, 2.45) is 0 Å². The molecule has 2 bridgehead atoms. The summed E-state index contributed by atoms with van der Waals surface area (Å²) in [4.78, 5) is 19.3. The van der Waals surface area contributed by atoms with Gasteiger partial charge in [-0.05, 0) is 19.3 Å². The average Bonchev–Trinajstić information content (AvgIpc) is 2.98. The summed E-state index contributed by atoms with van der Waals surface area (Å²) < 4.78 is 5.84. The highest BCUT2D eigenvalue weighted by Crippen LogP contribution is 2.43. The van der Waals surface area contributed by atoms with E-state index in [1.165, 1.54) is 0 Å². The number of nitrogens with zero attached hydrogens (tertiary/aromatic N) is 1. The molecular weight excluding hydrogens is 242 g/mol. The second-order valence-corrected chi connectivity index (χ2v) is 5.87. The predicted octanol–water partition coefficient (Wildman–Crippen LogP) is 1.30. The monoisotopic (exact) mass is 263 g/mol. The Hall–Kier alpha value is -1.20. The normalized spacial score (nSPS) is 29.3. The van der Waals surface area contributed by atoms with Crippen molar-refractivity contribution >= 4 is 0 Å². The molecule has 1 aromatic heterocycles. The lowest BCUT2D eigenvalue weighted by molar-refractivity contribution is 0.0998. The maximum absolute atomic E-state index is 11.8. The quantitative estimate of drug-likeness (QED) is 0.859. The van der Waals surface area contributed by atoms with Crippen LogP contribution in [0.25, 0.3) is 0 Å². The van der Waals surface area contributed by atoms with Gasteiger partial charge in [0.05, 0.1) is 17.9 Å². The largest absolute Gasteiger partial charge is 0.374 e. The molecule has 0 amide bonds. The molecule has 2 saturated heterocycles. The molecule has 3 heterocycles. The average molecular weight is 263 g/mol. The van der Waals surface area contributed by atoms with Crippen LogP contribution in [0.15, 0.2) is 10.9 Å². The molecule has 5 nitrogen and oxygen atoms in total. The molecule has 0 aliphatic carbocycles. The van der Waals surface area contributed by atoms with E-state index in [-0.39, 0.29) is 17.6 Å². The zero-order valence-electron chi connectivity index (χ0n) is 11.5. The van der Waals surface area contributed by atoms with Crippen molar-refractivity contribution in [2.75, 3.05) is 0 Å². The first kappa shape index (κ1) is 12.8. The summed E-state index contributed by atoms with van der Waals surface area (Å²) >= 11 is 0. The number of hydrogen-bond acceptors (Lipinski definition) is 4. The van der Waals surface area contributed by atoms with Gasteiger partial charge in [0.2, 0.25) is 0 Å². The minimum absolute atomic E-state index is 0.0617. The maximum Gasteiger partial charge on any atom is 0.251 e. The first-order valence-electron chi connectivity index (χ1n) is 7.11. The van der Waals surface area contributed by atoms with E-state index in [4.69, 9.17) is 4.74 Å². The molecule has 0 spiro atoms. The molecule has 19 heavy (non-hydrogen) atoms. The molecule has 0 saturated carbocycles. The number of nitrogens with one attached hydrogen (secondary N) is 2. The third kappa shape index (κ3) is 2.72. The Bertz CT molecular complexity index is 512. The van der Waals surface area contributed by atoms with E-state index >= 15 is 0 Å². The van der Waals surface area contributed by atoms with Crippen molar-refractivity contribution in [3.05, 3.63) is 27.9 Å². The van der Waals surface area contributed by atoms with Crippen LogP contribution in [-0.4, -0.2) is 28.2 Å². The third-order valence-corrected chi connectivity index (χ3v) is 3.96. The molecule has 1 aromatic rings. The third-order valence-electron chi connectivity index (χ3n) is 3.96. The summed E-state index contributed by atoms with van der Waals surface area (Å²) in [5.74, 6) is 1.07. The number of ether oxygens (including phenoxy) is 1. The Morgan fingerprint density at radius 1 is 1.53 bits per heavy atom. The van der Waals surface area contributed by atoms with Gasteiger partial charge < -0.3 is 15.0 Å². The minimum atomic E-state index is -0.0617. The van der Waals surface area contributed by atoms with Crippen LogP contribution in [-0.2, 0) is 11.3 Å². The van der Waals surface area contributed by atoms with Crippen LogP contribution in [0.2, 0.25) is 0 Å². The predicted molar refractivity (Wildman–Crippen MR) is 72.1 cm³/mol. The zero-order valence-corrected chi connectivity index (χ0v) is 11.5. The molecule has 2 N–H and O–H groups in total. The highest BCUT2D eigenvalue weighted by atomic mass is 16.5. The molecule has 2 aliphatic rings. The van der Waals surface area contributed by atoms with Crippen LogP contribution in [0, 0.1) is 0 Å². The second-order valence-electron chi connectivity index (χ2n) is 5.87. The fraction of sp³-hybridized carbons (Fsp3) is 0.714. The number of rotatable bonds is 4. The van der Waals surface area contributed by atoms with Gasteiger partial charge >= 0.3 is 0 Å². The molecule has 3 rings (SSSR count). The number of aromatic amines is 1. The summed E-state index contributed by atoms with van der Waals surface area (Å²) in [6, 6.07) is 1.96. The molecule has 104 valence electrons. The minimum Gasteiger partial charge on any atom is -0.374 e. The fourth-order valence-electron chi connectivity index (χ4n) is 3.03. The lowest BCUT2D eigenvalue weighted by Gasteiger charge is -2.18. The number of hydrogen-bond donors (Lipinski definition) is 2. The summed E-state index contributed by atoms with van der Waals surface area (Å²) in [7, 11) is 0. The Kier molecular flexibility index (Phi) is 3.41. The van der Waals surface area contributed by atoms with Gasteiger partial charge in [-0.25, -0.2) is 4.98 Å². The van der Waals surface area contributed by atoms with Gasteiger partial charge in [-0.3, -0.25) is 4.79 Å². The SMILES string of the molecule is CC(C)NCc1cc(=O)[nH]c(C2CC3CCC2O3)n1. The van der Waals surface area contributed by atoms with Gasteiger partial charge in [0.15, 0.2) is 0 Å². The standard InChI is InChI=1S/C14H21N3O2/c1-8(2)15-7-9-5-13(18)17-14(16-9)11-6-10-3-4-12(11)19-10/h5,8,10-12,15H,3-4,6-7H2,1-2H3,(H,16,17,18). The van der Waals surface area contributed by atoms with E-state index in [1.54, 1.807) is 6.07 Å². The van der Waals surface area contributed by atoms with Gasteiger partial charge in [-0.1, -0.05) is 13.8 Å². The fourth-order valence-corrected chi connectivity index (χ4v) is 3.03. The van der Waals surface area contributed by atoms with Crippen molar-refractivity contribution in [1.29, 1.82) is 0 Å². The van der Waals surface area contributed by atoms with Crippen LogP contribution in [0.3, 0.4) is 0 Å². The smallest absolute Gasteiger partial charge is 0.251 e. The van der Waals surface area contributed by atoms with Crippen molar-refractivity contribution in [2.45, 2.75) is 63.8 Å². The second kappa shape index (κ2) is 5.06. The van der Waals surface area contributed by atoms with Crippen molar-refractivity contribution in [1.82, 2.24) is 15.3 Å². The van der Waals surface area contributed by atoms with Crippen LogP contribution in [0.1, 0.15) is 50.5 Å². The van der Waals surface area contributed by atoms with Gasteiger partial charge in [0.1, 0.15) is 5.82 Å². The first-order valence-corrected chi connectivity index (χ1v) is 7.11. The van der Waals surface area contributed by atoms with E-state index < -0.39 is 0 Å². The number of H-pyrrole nitrogens is 1. The van der Waals surface area contributed by atoms with Gasteiger partial charge in [-0.15, -0.1) is 0 Å². The van der Waals surface area contributed by atoms with E-state index in [0.29, 0.717) is 18.7 Å². The highest BCUT2D eigenvalue weighted by Gasteiger charge is 2.42. The van der Waals surface area contributed by atoms with Gasteiger partial charge in [0, 0.05) is 24.6 Å². The lowest BCUT2D eigenvalue weighted by Crippen LogP contribution is -2.26. The first-order chi connectivity index (χ1) is 9.11. The van der Waals surface area contributed by atoms with E-state index in [9.17, 15) is 4.79 Å². The van der Waals surface area contributed by atoms with E-state index in [1.807, 2.05) is 0 Å². The maximum atomic E-state index is 11.8. The summed E-state index contributed by atoms with van der Waals surface area (Å²) in [6.07, 6.45) is 3.86. The Morgan fingerprint density at radius 3 is 3.00 bits per heavy atom. The highest BCUT2D eigenvalue weighted by molar-refractivity contribution is 5.11. The van der Waals surface area contributed by atoms with Crippen molar-refractivity contribution in [3.63, 3.8) is 0 Å². The topological polar surface area (TPSA) is 67.0 Å². The molecule has 0 aromatic carbocycles. The molecule has 3 unspecified atom stereocenters. The molecule has 2 fully saturated rings. The van der Waals surface area contributed by atoms with E-state index in [2.05, 4.69) is 29.1 Å². The lowest BCUT2D eigenvalue weighted by atomic mass is 9.88. The van der Waals surface area contributed by atoms with Gasteiger partial charge in [-0.2, -0.15) is 0 Å². The van der Waals surface area contributed by atoms with Crippen LogP contribution in [0.5, 0.6) is 0 Å². The molecule has 5 heteroatoms. The zero-order chi connectivity index (χ0) is 13.4. The summed E-state index contributed by atoms with van der Waals surface area (Å²) in [5.41, 5.74) is 0.753. The molecule has 0 radical (unpaired) electrons. The summed E-state index contributed by atoms with van der Waals surface area (Å²) in [5, 5.41) is 3.29. The van der Waals surface area contributed by atoms with E-state index in [0.717, 1.165) is 30.8 Å². The van der Waals surface area contributed by atoms with Gasteiger partial charge in [0.25, 0.3) is 5.56 Å². The van der Waals surface area contributed by atoms with Crippen molar-refractivity contribution < 1.29 is 4.74 Å². The molecule has 3 atom stereocenters. The molecular formula is C14H21N3O2. The Morgan fingerprint density at radius 2 is 2.37 bits per heavy atom. The Balaban J connectivity index is 1.80. The van der Waals surface area contributed by atoms with Crippen LogP contribution in [0.4, 0.5) is 0 Å². The summed E-state index contributed by atoms with van der Waals surface area (Å²) in [6.45, 7) is 4.80. The van der Waals surface area contributed by atoms with Crippen LogP contribution < -0.4 is 10.9 Å².